The predicted octanol–water partition coefficient (Wildman–Crippen LogP) is 3.00. The smallest absolute Gasteiger partial charge is 0.284 e. The van der Waals surface area contributed by atoms with Gasteiger partial charge in [-0.1, -0.05) is 24.3 Å². The number of rotatable bonds is 2. The van der Waals surface area contributed by atoms with Crippen LogP contribution in [0, 0.1) is 0 Å². The van der Waals surface area contributed by atoms with Crippen molar-refractivity contribution >= 4 is 39.1 Å². The lowest BCUT2D eigenvalue weighted by Crippen LogP contribution is -2.43. The van der Waals surface area contributed by atoms with Crippen LogP contribution in [0.4, 0.5) is 11.4 Å². The highest BCUT2D eigenvalue weighted by Crippen LogP contribution is 2.30. The third-order valence-electron chi connectivity index (χ3n) is 6.49. The SMILES string of the molecule is Cn1c2cc(-c3ccc(N4CCNCC4)cc3)ccc2n2c3cccc(N)c3c(=O)nc12. The highest BCUT2D eigenvalue weighted by molar-refractivity contribution is 5.96. The van der Waals surface area contributed by atoms with Gasteiger partial charge in [-0.2, -0.15) is 4.98 Å². The molecule has 1 saturated heterocycles. The van der Waals surface area contributed by atoms with E-state index in [9.17, 15) is 4.79 Å². The van der Waals surface area contributed by atoms with E-state index in [1.54, 1.807) is 6.07 Å². The summed E-state index contributed by atoms with van der Waals surface area (Å²) in [5.41, 5.74) is 12.6. The van der Waals surface area contributed by atoms with Gasteiger partial charge in [0, 0.05) is 44.6 Å². The van der Waals surface area contributed by atoms with Crippen LogP contribution in [0.3, 0.4) is 0 Å². The summed E-state index contributed by atoms with van der Waals surface area (Å²) in [6, 6.07) is 20.7. The van der Waals surface area contributed by atoms with Crippen LogP contribution in [0.15, 0.2) is 65.5 Å². The molecule has 7 nitrogen and oxygen atoms in total. The number of fused-ring (bicyclic) bond motifs is 5. The Morgan fingerprint density at radius 2 is 1.66 bits per heavy atom. The first-order chi connectivity index (χ1) is 15.6. The fourth-order valence-electron chi connectivity index (χ4n) is 4.80. The first-order valence-electron chi connectivity index (χ1n) is 10.9. The van der Waals surface area contributed by atoms with Crippen molar-refractivity contribution in [2.75, 3.05) is 36.8 Å². The van der Waals surface area contributed by atoms with Crippen LogP contribution in [0.5, 0.6) is 0 Å². The van der Waals surface area contributed by atoms with Gasteiger partial charge < -0.3 is 20.5 Å². The first-order valence-corrected chi connectivity index (χ1v) is 10.9. The van der Waals surface area contributed by atoms with Gasteiger partial charge in [-0.05, 0) is 47.5 Å². The Bertz CT molecular complexity index is 1540. The van der Waals surface area contributed by atoms with Crippen molar-refractivity contribution in [3.8, 4) is 11.1 Å². The van der Waals surface area contributed by atoms with Crippen molar-refractivity contribution in [1.82, 2.24) is 19.3 Å². The Morgan fingerprint density at radius 3 is 2.44 bits per heavy atom. The van der Waals surface area contributed by atoms with Crippen molar-refractivity contribution in [1.29, 1.82) is 0 Å². The Morgan fingerprint density at radius 1 is 0.906 bits per heavy atom. The van der Waals surface area contributed by atoms with Crippen LogP contribution < -0.4 is 21.5 Å². The van der Waals surface area contributed by atoms with E-state index < -0.39 is 0 Å². The zero-order chi connectivity index (χ0) is 21.8. The van der Waals surface area contributed by atoms with Gasteiger partial charge in [0.1, 0.15) is 0 Å². The maximum atomic E-state index is 12.7. The van der Waals surface area contributed by atoms with Crippen LogP contribution >= 0.6 is 0 Å². The molecule has 3 heterocycles. The quantitative estimate of drug-likeness (QED) is 0.426. The number of nitrogens with two attached hydrogens (primary N) is 1. The molecule has 7 heteroatoms. The number of nitrogens with zero attached hydrogens (tertiary/aromatic N) is 4. The number of imidazole rings is 1. The summed E-state index contributed by atoms with van der Waals surface area (Å²) in [6.45, 7) is 4.12. The lowest BCUT2D eigenvalue weighted by molar-refractivity contribution is 0.589. The van der Waals surface area contributed by atoms with Crippen molar-refractivity contribution < 1.29 is 0 Å². The summed E-state index contributed by atoms with van der Waals surface area (Å²) in [5.74, 6) is 0.606. The number of hydrogen-bond acceptors (Lipinski definition) is 5. The van der Waals surface area contributed by atoms with E-state index in [2.05, 4.69) is 57.7 Å². The molecule has 0 amide bonds. The van der Waals surface area contributed by atoms with Gasteiger partial charge in [-0.25, -0.2) is 0 Å². The summed E-state index contributed by atoms with van der Waals surface area (Å²) >= 11 is 0. The molecule has 1 aliphatic rings. The first kappa shape index (κ1) is 18.9. The van der Waals surface area contributed by atoms with Crippen LogP contribution in [0.2, 0.25) is 0 Å². The van der Waals surface area contributed by atoms with Crippen LogP contribution in [-0.2, 0) is 7.05 Å². The van der Waals surface area contributed by atoms with Gasteiger partial charge in [0.25, 0.3) is 5.56 Å². The Labute approximate surface area is 184 Å². The molecule has 0 spiro atoms. The zero-order valence-electron chi connectivity index (χ0n) is 17.9. The normalized spacial score (nSPS) is 14.6. The van der Waals surface area contributed by atoms with E-state index >= 15 is 0 Å². The number of piperazine rings is 1. The van der Waals surface area contributed by atoms with Gasteiger partial charge in [0.05, 0.1) is 21.9 Å². The minimum atomic E-state index is -0.298. The number of nitrogens with one attached hydrogen (secondary N) is 1. The standard InChI is InChI=1S/C25H24N6O/c1-29-22-15-17(16-5-8-18(9-6-16)30-13-11-27-12-14-30)7-10-20(22)31-21-4-2-3-19(26)23(21)24(32)28-25(29)31/h2-10,15,27H,11-14,26H2,1H3. The van der Waals surface area contributed by atoms with Crippen molar-refractivity contribution in [2.24, 2.45) is 7.05 Å². The fourth-order valence-corrected chi connectivity index (χ4v) is 4.80. The maximum absolute atomic E-state index is 12.7. The molecule has 0 saturated carbocycles. The molecule has 1 aliphatic heterocycles. The van der Waals surface area contributed by atoms with Crippen molar-refractivity contribution in [3.63, 3.8) is 0 Å². The second-order valence-electron chi connectivity index (χ2n) is 8.34. The molecule has 0 aliphatic carbocycles. The number of anilines is 2. The Hall–Kier alpha value is -3.84. The van der Waals surface area contributed by atoms with Crippen LogP contribution in [0.1, 0.15) is 0 Å². The second kappa shape index (κ2) is 7.10. The largest absolute Gasteiger partial charge is 0.398 e. The summed E-state index contributed by atoms with van der Waals surface area (Å²) in [4.78, 5) is 19.4. The highest BCUT2D eigenvalue weighted by atomic mass is 16.1. The van der Waals surface area contributed by atoms with Crippen molar-refractivity contribution in [3.05, 3.63) is 71.0 Å². The highest BCUT2D eigenvalue weighted by Gasteiger charge is 2.16. The molecule has 160 valence electrons. The van der Waals surface area contributed by atoms with E-state index in [0.717, 1.165) is 53.9 Å². The minimum absolute atomic E-state index is 0.298. The number of benzene rings is 3. The number of nitrogen functional groups attached to an aromatic ring is 1. The molecular formula is C25H24N6O. The minimum Gasteiger partial charge on any atom is -0.398 e. The van der Waals surface area contributed by atoms with E-state index in [1.165, 1.54) is 5.69 Å². The molecule has 0 radical (unpaired) electrons. The fraction of sp³-hybridized carbons (Fsp3) is 0.200. The Balaban J connectivity index is 1.50. The molecule has 2 aromatic heterocycles. The number of hydrogen-bond donors (Lipinski definition) is 2. The van der Waals surface area contributed by atoms with Gasteiger partial charge in [0.2, 0.25) is 5.78 Å². The summed E-state index contributed by atoms with van der Waals surface area (Å²) in [7, 11) is 1.94. The molecule has 3 N–H and O–H groups in total. The molecule has 1 fully saturated rings. The topological polar surface area (TPSA) is 80.6 Å². The van der Waals surface area contributed by atoms with E-state index in [0.29, 0.717) is 16.9 Å². The van der Waals surface area contributed by atoms with Gasteiger partial charge in [-0.3, -0.25) is 9.20 Å². The van der Waals surface area contributed by atoms with Crippen molar-refractivity contribution in [2.45, 2.75) is 0 Å². The van der Waals surface area contributed by atoms with Crippen LogP contribution in [-0.4, -0.2) is 40.1 Å². The molecule has 32 heavy (non-hydrogen) atoms. The zero-order valence-corrected chi connectivity index (χ0v) is 17.9. The van der Waals surface area contributed by atoms with Gasteiger partial charge >= 0.3 is 0 Å². The molecule has 0 atom stereocenters. The molecule has 5 aromatic rings. The molecule has 3 aromatic carbocycles. The van der Waals surface area contributed by atoms with E-state index in [1.807, 2.05) is 28.1 Å². The monoisotopic (exact) mass is 424 g/mol. The number of aromatic nitrogens is 3. The average Bonchev–Trinajstić information content (AvgIpc) is 3.11. The maximum Gasteiger partial charge on any atom is 0.284 e. The average molecular weight is 425 g/mol. The third kappa shape index (κ3) is 2.78. The lowest BCUT2D eigenvalue weighted by atomic mass is 10.0. The predicted molar refractivity (Wildman–Crippen MR) is 130 cm³/mol. The van der Waals surface area contributed by atoms with Crippen LogP contribution in [0.25, 0.3) is 38.8 Å². The third-order valence-corrected chi connectivity index (χ3v) is 6.49. The lowest BCUT2D eigenvalue weighted by Gasteiger charge is -2.29. The Kier molecular flexibility index (Phi) is 4.19. The molecule has 0 bridgehead atoms. The summed E-state index contributed by atoms with van der Waals surface area (Å²) in [6.07, 6.45) is 0. The van der Waals surface area contributed by atoms with Gasteiger partial charge in [0.15, 0.2) is 0 Å². The molecule has 0 unspecified atom stereocenters. The number of aryl methyl sites for hydroxylation is 1. The van der Waals surface area contributed by atoms with E-state index in [-0.39, 0.29) is 5.56 Å². The summed E-state index contributed by atoms with van der Waals surface area (Å²) < 4.78 is 3.98. The second-order valence-corrected chi connectivity index (χ2v) is 8.34. The molecular weight excluding hydrogens is 400 g/mol. The summed E-state index contributed by atoms with van der Waals surface area (Å²) in [5, 5.41) is 3.86. The van der Waals surface area contributed by atoms with Gasteiger partial charge in [-0.15, -0.1) is 0 Å². The molecule has 6 rings (SSSR count). The van der Waals surface area contributed by atoms with E-state index in [4.69, 9.17) is 5.73 Å².